The quantitative estimate of drug-likeness (QED) is 0.520. The predicted octanol–water partition coefficient (Wildman–Crippen LogP) is 4.07. The number of thiazole rings is 1. The zero-order valence-electron chi connectivity index (χ0n) is 15.5. The van der Waals surface area contributed by atoms with Crippen LogP contribution < -0.4 is 5.32 Å². The maximum Gasteiger partial charge on any atom is 0.267 e. The average molecular weight is 423 g/mol. The number of aromatic nitrogens is 2. The summed E-state index contributed by atoms with van der Waals surface area (Å²) in [5.41, 5.74) is 3.04. The van der Waals surface area contributed by atoms with Gasteiger partial charge in [0.15, 0.2) is 5.13 Å². The largest absolute Gasteiger partial charge is 0.361 e. The Labute approximate surface area is 175 Å². The van der Waals surface area contributed by atoms with E-state index in [2.05, 4.69) is 15.3 Å². The minimum Gasteiger partial charge on any atom is -0.361 e. The normalized spacial score (nSPS) is 13.4. The van der Waals surface area contributed by atoms with Gasteiger partial charge in [0.1, 0.15) is 0 Å². The predicted molar refractivity (Wildman–Crippen MR) is 116 cm³/mol. The number of para-hydroxylation sites is 1. The van der Waals surface area contributed by atoms with E-state index in [-0.39, 0.29) is 11.8 Å². The molecule has 1 aromatic carbocycles. The summed E-state index contributed by atoms with van der Waals surface area (Å²) in [5, 5.41) is 6.44. The van der Waals surface area contributed by atoms with E-state index in [0.717, 1.165) is 27.0 Å². The van der Waals surface area contributed by atoms with E-state index in [1.807, 2.05) is 46.8 Å². The van der Waals surface area contributed by atoms with Crippen molar-refractivity contribution in [3.8, 4) is 0 Å². The van der Waals surface area contributed by atoms with Crippen molar-refractivity contribution in [2.24, 2.45) is 0 Å². The lowest BCUT2D eigenvalue weighted by Gasteiger charge is -2.26. The first-order chi connectivity index (χ1) is 14.2. The number of aromatic amines is 1. The molecule has 0 spiro atoms. The Balaban J connectivity index is 1.27. The van der Waals surface area contributed by atoms with Crippen LogP contribution >= 0.6 is 22.7 Å². The van der Waals surface area contributed by atoms with E-state index in [4.69, 9.17) is 0 Å². The van der Waals surface area contributed by atoms with Crippen molar-refractivity contribution in [3.63, 3.8) is 0 Å². The summed E-state index contributed by atoms with van der Waals surface area (Å²) < 4.78 is 0. The van der Waals surface area contributed by atoms with Crippen LogP contribution in [0.1, 0.15) is 25.8 Å². The smallest absolute Gasteiger partial charge is 0.267 e. The Morgan fingerprint density at radius 1 is 1.21 bits per heavy atom. The zero-order chi connectivity index (χ0) is 19.8. The van der Waals surface area contributed by atoms with Gasteiger partial charge in [-0.2, -0.15) is 0 Å². The number of rotatable bonds is 4. The van der Waals surface area contributed by atoms with Crippen LogP contribution in [-0.4, -0.2) is 33.2 Å². The summed E-state index contributed by atoms with van der Waals surface area (Å²) in [4.78, 5) is 36.5. The highest BCUT2D eigenvalue weighted by molar-refractivity contribution is 7.16. The van der Waals surface area contributed by atoms with E-state index in [1.54, 1.807) is 6.07 Å². The molecule has 0 bridgehead atoms. The maximum absolute atomic E-state index is 12.9. The molecule has 1 aliphatic heterocycles. The number of thiophene rings is 1. The standard InChI is InChI=1S/C21H18N4O2S2/c26-19(10-13-11-22-15-5-2-1-4-14(13)15)25-8-7-16-18(12-25)29-21(23-16)24-20(27)17-6-3-9-28-17/h1-6,9,11,22H,7-8,10,12H2,(H,23,24,27). The number of anilines is 1. The summed E-state index contributed by atoms with van der Waals surface area (Å²) in [6.07, 6.45) is 3.00. The Morgan fingerprint density at radius 3 is 2.97 bits per heavy atom. The lowest BCUT2D eigenvalue weighted by molar-refractivity contribution is -0.131. The highest BCUT2D eigenvalue weighted by atomic mass is 32.1. The number of nitrogens with one attached hydrogen (secondary N) is 2. The molecule has 2 N–H and O–H groups in total. The van der Waals surface area contributed by atoms with Gasteiger partial charge in [-0.05, 0) is 23.1 Å². The fourth-order valence-electron chi connectivity index (χ4n) is 3.58. The van der Waals surface area contributed by atoms with Gasteiger partial charge in [-0.3, -0.25) is 14.9 Å². The lowest BCUT2D eigenvalue weighted by atomic mass is 10.1. The molecule has 29 heavy (non-hydrogen) atoms. The number of carbonyl (C=O) groups excluding carboxylic acids is 2. The van der Waals surface area contributed by atoms with Gasteiger partial charge in [0.05, 0.1) is 23.5 Å². The van der Waals surface area contributed by atoms with Crippen LogP contribution in [0, 0.1) is 0 Å². The van der Waals surface area contributed by atoms with E-state index in [9.17, 15) is 9.59 Å². The van der Waals surface area contributed by atoms with E-state index in [0.29, 0.717) is 35.9 Å². The van der Waals surface area contributed by atoms with Crippen molar-refractivity contribution in [2.75, 3.05) is 11.9 Å². The Bertz CT molecular complexity index is 1190. The van der Waals surface area contributed by atoms with Gasteiger partial charge in [-0.15, -0.1) is 11.3 Å². The second kappa shape index (κ2) is 7.46. The summed E-state index contributed by atoms with van der Waals surface area (Å²) >= 11 is 2.86. The van der Waals surface area contributed by atoms with Gasteiger partial charge in [0, 0.05) is 34.9 Å². The highest BCUT2D eigenvalue weighted by Gasteiger charge is 2.25. The average Bonchev–Trinajstić information content (AvgIpc) is 3.47. The van der Waals surface area contributed by atoms with Crippen LogP contribution in [0.25, 0.3) is 10.9 Å². The molecule has 0 fully saturated rings. The first-order valence-electron chi connectivity index (χ1n) is 9.33. The monoisotopic (exact) mass is 422 g/mol. The van der Waals surface area contributed by atoms with E-state index >= 15 is 0 Å². The van der Waals surface area contributed by atoms with Crippen LogP contribution in [0.15, 0.2) is 48.0 Å². The SMILES string of the molecule is O=C(Nc1nc2c(s1)CN(C(=O)Cc1c[nH]c3ccccc13)CC2)c1cccs1. The molecule has 1 aliphatic rings. The fourth-order valence-corrected chi connectivity index (χ4v) is 5.22. The van der Waals surface area contributed by atoms with Gasteiger partial charge in [0.25, 0.3) is 5.91 Å². The first kappa shape index (κ1) is 18.1. The van der Waals surface area contributed by atoms with E-state index < -0.39 is 0 Å². The molecular weight excluding hydrogens is 404 g/mol. The van der Waals surface area contributed by atoms with Crippen molar-refractivity contribution in [2.45, 2.75) is 19.4 Å². The molecule has 146 valence electrons. The molecule has 5 rings (SSSR count). The number of amides is 2. The van der Waals surface area contributed by atoms with E-state index in [1.165, 1.54) is 22.7 Å². The number of benzene rings is 1. The number of fused-ring (bicyclic) bond motifs is 2. The Morgan fingerprint density at radius 2 is 2.10 bits per heavy atom. The summed E-state index contributed by atoms with van der Waals surface area (Å²) in [6, 6.07) is 11.7. The molecule has 4 heterocycles. The van der Waals surface area contributed by atoms with Gasteiger partial charge in [-0.25, -0.2) is 4.98 Å². The minimum absolute atomic E-state index is 0.109. The molecule has 6 nitrogen and oxygen atoms in total. The van der Waals surface area contributed by atoms with Crippen molar-refractivity contribution < 1.29 is 9.59 Å². The van der Waals surface area contributed by atoms with Crippen molar-refractivity contribution in [3.05, 3.63) is 69.0 Å². The Kier molecular flexibility index (Phi) is 4.65. The van der Waals surface area contributed by atoms with Crippen molar-refractivity contribution >= 4 is 50.5 Å². The third-order valence-corrected chi connectivity index (χ3v) is 6.93. The van der Waals surface area contributed by atoms with Crippen molar-refractivity contribution in [1.82, 2.24) is 14.9 Å². The number of nitrogens with zero attached hydrogens (tertiary/aromatic N) is 2. The van der Waals surface area contributed by atoms with Crippen LogP contribution in [0.2, 0.25) is 0 Å². The van der Waals surface area contributed by atoms with Gasteiger partial charge < -0.3 is 9.88 Å². The third-order valence-electron chi connectivity index (χ3n) is 5.07. The molecule has 2 amide bonds. The minimum atomic E-state index is -0.140. The highest BCUT2D eigenvalue weighted by Crippen LogP contribution is 2.29. The van der Waals surface area contributed by atoms with Crippen LogP contribution in [0.5, 0.6) is 0 Å². The number of H-pyrrole nitrogens is 1. The Hall–Kier alpha value is -2.97. The molecule has 0 aliphatic carbocycles. The first-order valence-corrected chi connectivity index (χ1v) is 11.0. The number of carbonyl (C=O) groups is 2. The summed E-state index contributed by atoms with van der Waals surface area (Å²) in [6.45, 7) is 1.19. The van der Waals surface area contributed by atoms with Crippen molar-refractivity contribution in [1.29, 1.82) is 0 Å². The molecule has 0 saturated carbocycles. The molecule has 3 aromatic heterocycles. The molecule has 8 heteroatoms. The van der Waals surface area contributed by atoms with Crippen LogP contribution in [-0.2, 0) is 24.2 Å². The topological polar surface area (TPSA) is 78.1 Å². The van der Waals surface area contributed by atoms with Gasteiger partial charge in [0.2, 0.25) is 5.91 Å². The fraction of sp³-hybridized carbons (Fsp3) is 0.190. The maximum atomic E-state index is 12.9. The van der Waals surface area contributed by atoms with Crippen LogP contribution in [0.3, 0.4) is 0 Å². The van der Waals surface area contributed by atoms with Gasteiger partial charge >= 0.3 is 0 Å². The molecule has 0 radical (unpaired) electrons. The number of hydrogen-bond donors (Lipinski definition) is 2. The van der Waals surface area contributed by atoms with Gasteiger partial charge in [-0.1, -0.05) is 35.6 Å². The molecule has 4 aromatic rings. The molecule has 0 atom stereocenters. The molecular formula is C21H18N4O2S2. The lowest BCUT2D eigenvalue weighted by Crippen LogP contribution is -2.36. The third kappa shape index (κ3) is 3.56. The summed E-state index contributed by atoms with van der Waals surface area (Å²) in [7, 11) is 0. The number of hydrogen-bond acceptors (Lipinski definition) is 5. The molecule has 0 unspecified atom stereocenters. The zero-order valence-corrected chi connectivity index (χ0v) is 17.1. The summed E-state index contributed by atoms with van der Waals surface area (Å²) in [5.74, 6) is -0.0312. The molecule has 0 saturated heterocycles. The second-order valence-electron chi connectivity index (χ2n) is 6.92. The second-order valence-corrected chi connectivity index (χ2v) is 8.95. The van der Waals surface area contributed by atoms with Crippen LogP contribution in [0.4, 0.5) is 5.13 Å².